The fourth-order valence-corrected chi connectivity index (χ4v) is 2.59. The molecule has 0 saturated heterocycles. The number of nitrogens with zero attached hydrogens (tertiary/aromatic N) is 2. The average molecular weight is 331 g/mol. The molecule has 0 N–H and O–H groups in total. The van der Waals surface area contributed by atoms with Crippen LogP contribution in [0.5, 0.6) is 0 Å². The molecule has 6 heteroatoms. The van der Waals surface area contributed by atoms with Crippen molar-refractivity contribution in [1.82, 2.24) is 9.55 Å². The summed E-state index contributed by atoms with van der Waals surface area (Å²) in [5.41, 5.74) is 1.98. The molecule has 0 aliphatic heterocycles. The molecule has 21 heavy (non-hydrogen) atoms. The maximum atomic E-state index is 6.00. The molecule has 4 nitrogen and oxygen atoms in total. The van der Waals surface area contributed by atoms with Crippen LogP contribution in [0, 0.1) is 0 Å². The molecule has 1 heterocycles. The Morgan fingerprint density at radius 1 is 1.19 bits per heavy atom. The summed E-state index contributed by atoms with van der Waals surface area (Å²) >= 11 is 12.0. The molecule has 0 unspecified atom stereocenters. The van der Waals surface area contributed by atoms with E-state index in [1.807, 2.05) is 18.2 Å². The summed E-state index contributed by atoms with van der Waals surface area (Å²) in [4.78, 5) is 4.53. The molecule has 0 atom stereocenters. The van der Waals surface area contributed by atoms with Crippen LogP contribution >= 0.6 is 23.2 Å². The zero-order valence-electron chi connectivity index (χ0n) is 12.1. The minimum absolute atomic E-state index is 0.399. The van der Waals surface area contributed by atoms with E-state index in [0.717, 1.165) is 42.9 Å². The van der Waals surface area contributed by atoms with E-state index in [2.05, 4.69) is 9.55 Å². The number of aromatic nitrogens is 2. The maximum absolute atomic E-state index is 6.00. The number of imidazole rings is 1. The smallest absolute Gasteiger partial charge is 0.124 e. The highest BCUT2D eigenvalue weighted by Crippen LogP contribution is 2.22. The van der Waals surface area contributed by atoms with Crippen molar-refractivity contribution in [1.29, 1.82) is 0 Å². The third kappa shape index (κ3) is 4.58. The molecule has 2 aromatic rings. The topological polar surface area (TPSA) is 36.3 Å². The van der Waals surface area contributed by atoms with Gasteiger partial charge >= 0.3 is 0 Å². The first-order valence-electron chi connectivity index (χ1n) is 7.03. The number of alkyl halides is 1. The Labute approximate surface area is 135 Å². The van der Waals surface area contributed by atoms with Crippen LogP contribution in [0.25, 0.3) is 11.0 Å². The van der Waals surface area contributed by atoms with Gasteiger partial charge in [-0.05, 0) is 31.0 Å². The van der Waals surface area contributed by atoms with Gasteiger partial charge in [-0.2, -0.15) is 0 Å². The number of hydrogen-bond donors (Lipinski definition) is 0. The first kappa shape index (κ1) is 16.6. The van der Waals surface area contributed by atoms with Gasteiger partial charge in [0.25, 0.3) is 0 Å². The zero-order valence-corrected chi connectivity index (χ0v) is 13.7. The summed E-state index contributed by atoms with van der Waals surface area (Å²) in [6, 6.07) is 5.75. The molecule has 0 saturated carbocycles. The van der Waals surface area contributed by atoms with Crippen LogP contribution < -0.4 is 0 Å². The van der Waals surface area contributed by atoms with Crippen LogP contribution in [0.1, 0.15) is 18.7 Å². The lowest BCUT2D eigenvalue weighted by Gasteiger charge is -2.08. The SMILES string of the molecule is COCCOCCCCn1c(CCl)nc2cc(Cl)ccc21. The van der Waals surface area contributed by atoms with Crippen LogP contribution in [0.3, 0.4) is 0 Å². The number of rotatable bonds is 9. The van der Waals surface area contributed by atoms with Gasteiger partial charge in [0.15, 0.2) is 0 Å². The highest BCUT2D eigenvalue weighted by Gasteiger charge is 2.09. The second-order valence-corrected chi connectivity index (χ2v) is 5.46. The van der Waals surface area contributed by atoms with Crippen LogP contribution in [0.4, 0.5) is 0 Å². The van der Waals surface area contributed by atoms with Crippen LogP contribution in [-0.2, 0) is 21.9 Å². The second-order valence-electron chi connectivity index (χ2n) is 4.76. The lowest BCUT2D eigenvalue weighted by Crippen LogP contribution is -2.06. The van der Waals surface area contributed by atoms with Crippen molar-refractivity contribution in [2.24, 2.45) is 0 Å². The molecule has 0 aliphatic rings. The van der Waals surface area contributed by atoms with Gasteiger partial charge in [-0.3, -0.25) is 0 Å². The minimum atomic E-state index is 0.399. The van der Waals surface area contributed by atoms with E-state index in [4.69, 9.17) is 32.7 Å². The Balaban J connectivity index is 1.91. The molecule has 1 aromatic heterocycles. The zero-order chi connectivity index (χ0) is 15.1. The fraction of sp³-hybridized carbons (Fsp3) is 0.533. The van der Waals surface area contributed by atoms with Crippen molar-refractivity contribution in [2.45, 2.75) is 25.3 Å². The Kier molecular flexibility index (Phi) is 6.77. The molecule has 0 aliphatic carbocycles. The van der Waals surface area contributed by atoms with E-state index in [9.17, 15) is 0 Å². The van der Waals surface area contributed by atoms with E-state index in [-0.39, 0.29) is 0 Å². The molecule has 0 bridgehead atoms. The average Bonchev–Trinajstić information content (AvgIpc) is 2.83. The van der Waals surface area contributed by atoms with Crippen LogP contribution in [0.2, 0.25) is 5.02 Å². The fourth-order valence-electron chi connectivity index (χ4n) is 2.22. The predicted octanol–water partition coefficient (Wildman–Crippen LogP) is 3.87. The normalized spacial score (nSPS) is 11.4. The van der Waals surface area contributed by atoms with Gasteiger partial charge in [-0.1, -0.05) is 11.6 Å². The van der Waals surface area contributed by atoms with Crippen molar-refractivity contribution in [3.8, 4) is 0 Å². The minimum Gasteiger partial charge on any atom is -0.382 e. The summed E-state index contributed by atoms with van der Waals surface area (Å²) in [7, 11) is 1.67. The molecule has 0 fully saturated rings. The Morgan fingerprint density at radius 2 is 2.05 bits per heavy atom. The van der Waals surface area contributed by atoms with Crippen molar-refractivity contribution in [2.75, 3.05) is 26.9 Å². The van der Waals surface area contributed by atoms with E-state index < -0.39 is 0 Å². The second kappa shape index (κ2) is 8.59. The number of aryl methyl sites for hydroxylation is 1. The molecule has 2 rings (SSSR count). The number of methoxy groups -OCH3 is 1. The van der Waals surface area contributed by atoms with Gasteiger partial charge in [-0.15, -0.1) is 11.6 Å². The number of fused-ring (bicyclic) bond motifs is 1. The van der Waals surface area contributed by atoms with Crippen LogP contribution in [-0.4, -0.2) is 36.5 Å². The number of halogens is 2. The highest BCUT2D eigenvalue weighted by atomic mass is 35.5. The molecule has 116 valence electrons. The Bertz CT molecular complexity index is 572. The summed E-state index contributed by atoms with van der Waals surface area (Å²) in [6.07, 6.45) is 2.02. The Morgan fingerprint density at radius 3 is 2.81 bits per heavy atom. The number of ether oxygens (including phenoxy) is 2. The molecule has 0 radical (unpaired) electrons. The largest absolute Gasteiger partial charge is 0.382 e. The first-order valence-corrected chi connectivity index (χ1v) is 7.95. The predicted molar refractivity (Wildman–Crippen MR) is 86.2 cm³/mol. The van der Waals surface area contributed by atoms with E-state index in [1.165, 1.54) is 0 Å². The number of unbranched alkanes of at least 4 members (excludes halogenated alkanes) is 1. The van der Waals surface area contributed by atoms with Gasteiger partial charge in [0.2, 0.25) is 0 Å². The third-order valence-electron chi connectivity index (χ3n) is 3.26. The van der Waals surface area contributed by atoms with Crippen molar-refractivity contribution in [3.63, 3.8) is 0 Å². The lowest BCUT2D eigenvalue weighted by atomic mass is 10.3. The van der Waals surface area contributed by atoms with E-state index >= 15 is 0 Å². The van der Waals surface area contributed by atoms with E-state index in [0.29, 0.717) is 24.1 Å². The van der Waals surface area contributed by atoms with Gasteiger partial charge in [0.1, 0.15) is 5.82 Å². The maximum Gasteiger partial charge on any atom is 0.124 e. The first-order chi connectivity index (χ1) is 10.3. The van der Waals surface area contributed by atoms with Gasteiger partial charge in [0.05, 0.1) is 30.1 Å². The van der Waals surface area contributed by atoms with E-state index in [1.54, 1.807) is 7.11 Å². The summed E-state index contributed by atoms with van der Waals surface area (Å²) in [5, 5.41) is 0.694. The molecular weight excluding hydrogens is 311 g/mol. The Hall–Kier alpha value is -0.810. The summed E-state index contributed by atoms with van der Waals surface area (Å²) in [5.74, 6) is 1.28. The summed E-state index contributed by atoms with van der Waals surface area (Å²) in [6.45, 7) is 2.92. The lowest BCUT2D eigenvalue weighted by molar-refractivity contribution is 0.0684. The van der Waals surface area contributed by atoms with Crippen molar-refractivity contribution >= 4 is 34.2 Å². The molecular formula is C15H20Cl2N2O2. The monoisotopic (exact) mass is 330 g/mol. The van der Waals surface area contributed by atoms with Crippen molar-refractivity contribution in [3.05, 3.63) is 29.0 Å². The van der Waals surface area contributed by atoms with Crippen LogP contribution in [0.15, 0.2) is 18.2 Å². The third-order valence-corrected chi connectivity index (χ3v) is 3.74. The van der Waals surface area contributed by atoms with Crippen molar-refractivity contribution < 1.29 is 9.47 Å². The van der Waals surface area contributed by atoms with Gasteiger partial charge in [-0.25, -0.2) is 4.98 Å². The number of hydrogen-bond acceptors (Lipinski definition) is 3. The highest BCUT2D eigenvalue weighted by molar-refractivity contribution is 6.31. The standard InChI is InChI=1S/C15H20Cl2N2O2/c1-20-8-9-21-7-3-2-6-19-14-5-4-12(17)10-13(14)18-15(19)11-16/h4-5,10H,2-3,6-9,11H2,1H3. The molecule has 0 amide bonds. The quantitative estimate of drug-likeness (QED) is 0.517. The van der Waals surface area contributed by atoms with Gasteiger partial charge < -0.3 is 14.0 Å². The number of benzene rings is 1. The summed E-state index contributed by atoms with van der Waals surface area (Å²) < 4.78 is 12.6. The molecule has 0 spiro atoms. The van der Waals surface area contributed by atoms with Gasteiger partial charge in [0, 0.05) is 25.3 Å². The molecule has 1 aromatic carbocycles.